The highest BCUT2D eigenvalue weighted by Gasteiger charge is 2.19. The van der Waals surface area contributed by atoms with Crippen molar-refractivity contribution in [1.82, 2.24) is 0 Å². The van der Waals surface area contributed by atoms with Crippen LogP contribution in [0.2, 0.25) is 0 Å². The maximum Gasteiger partial charge on any atom is 0.201 e. The summed E-state index contributed by atoms with van der Waals surface area (Å²) in [4.78, 5) is 0. The van der Waals surface area contributed by atoms with E-state index < -0.39 is 11.6 Å². The van der Waals surface area contributed by atoms with Crippen molar-refractivity contribution < 1.29 is 13.5 Å². The molecule has 1 aliphatic rings. The van der Waals surface area contributed by atoms with Gasteiger partial charge in [0, 0.05) is 5.92 Å². The van der Waals surface area contributed by atoms with E-state index in [1.165, 1.54) is 57.8 Å². The Morgan fingerprint density at radius 2 is 1.83 bits per heavy atom. The number of hydrogen-bond acceptors (Lipinski definition) is 1. The van der Waals surface area contributed by atoms with Crippen molar-refractivity contribution in [1.29, 1.82) is 0 Å². The molecule has 0 unspecified atom stereocenters. The Hall–Kier alpha value is -1.56. The van der Waals surface area contributed by atoms with Crippen molar-refractivity contribution in [3.63, 3.8) is 0 Å². The molecule has 1 aromatic carbocycles. The van der Waals surface area contributed by atoms with E-state index in [1.54, 1.807) is 0 Å². The number of benzene rings is 1. The summed E-state index contributed by atoms with van der Waals surface area (Å²) in [6.07, 6.45) is 9.81. The molecule has 0 saturated heterocycles. The maximum atomic E-state index is 13.9. The van der Waals surface area contributed by atoms with Crippen molar-refractivity contribution in [2.24, 2.45) is 11.8 Å². The fourth-order valence-corrected chi connectivity index (χ4v) is 3.24. The minimum Gasteiger partial charge on any atom is -0.494 e. The van der Waals surface area contributed by atoms with E-state index in [9.17, 15) is 8.78 Å². The topological polar surface area (TPSA) is 9.23 Å². The molecule has 1 aliphatic carbocycles. The van der Waals surface area contributed by atoms with Gasteiger partial charge in [0.25, 0.3) is 0 Å². The normalized spacial score (nSPS) is 20.7. The van der Waals surface area contributed by atoms with E-state index in [-0.39, 0.29) is 11.3 Å². The van der Waals surface area contributed by atoms with Gasteiger partial charge in [-0.15, -0.1) is 0 Å². The quantitative estimate of drug-likeness (QED) is 0.498. The molecule has 1 saturated carbocycles. The van der Waals surface area contributed by atoms with Gasteiger partial charge < -0.3 is 4.74 Å². The summed E-state index contributed by atoms with van der Waals surface area (Å²) in [5, 5.41) is 0. The SMILES string of the molecule is CCCCCC1CCC(C#Cc2ccc(OC)c(F)c2F)CC1. The molecule has 0 aliphatic heterocycles. The van der Waals surface area contributed by atoms with E-state index in [4.69, 9.17) is 4.74 Å². The summed E-state index contributed by atoms with van der Waals surface area (Å²) in [6, 6.07) is 2.91. The molecule has 23 heavy (non-hydrogen) atoms. The maximum absolute atomic E-state index is 13.9. The average molecular weight is 320 g/mol. The van der Waals surface area contributed by atoms with Crippen LogP contribution in [0.1, 0.15) is 63.9 Å². The van der Waals surface area contributed by atoms with Crippen LogP contribution in [0.25, 0.3) is 0 Å². The zero-order chi connectivity index (χ0) is 16.7. The second-order valence-electron chi connectivity index (χ2n) is 6.43. The highest BCUT2D eigenvalue weighted by atomic mass is 19.2. The molecule has 1 aromatic rings. The highest BCUT2D eigenvalue weighted by Crippen LogP contribution is 2.32. The highest BCUT2D eigenvalue weighted by molar-refractivity contribution is 5.41. The van der Waals surface area contributed by atoms with Crippen molar-refractivity contribution >= 4 is 0 Å². The summed E-state index contributed by atoms with van der Waals surface area (Å²) in [6.45, 7) is 2.23. The van der Waals surface area contributed by atoms with E-state index in [0.29, 0.717) is 5.92 Å². The molecule has 126 valence electrons. The average Bonchev–Trinajstić information content (AvgIpc) is 2.58. The molecule has 3 heteroatoms. The van der Waals surface area contributed by atoms with Crippen LogP contribution in [0.15, 0.2) is 12.1 Å². The summed E-state index contributed by atoms with van der Waals surface area (Å²) >= 11 is 0. The molecule has 0 aromatic heterocycles. The standard InChI is InChI=1S/C20H26F2O/c1-3-4-5-6-15-7-9-16(10-8-15)11-12-17-13-14-18(23-2)20(22)19(17)21/h13-16H,3-10H2,1-2H3. The fourth-order valence-electron chi connectivity index (χ4n) is 3.24. The second kappa shape index (κ2) is 8.91. The van der Waals surface area contributed by atoms with Crippen LogP contribution in [-0.4, -0.2) is 7.11 Å². The Bertz CT molecular complexity index is 563. The zero-order valence-electron chi connectivity index (χ0n) is 14.1. The summed E-state index contributed by atoms with van der Waals surface area (Å²) in [5.41, 5.74) is 0.119. The lowest BCUT2D eigenvalue weighted by molar-refractivity contribution is 0.294. The molecule has 0 amide bonds. The first-order valence-corrected chi connectivity index (χ1v) is 8.69. The lowest BCUT2D eigenvalue weighted by Crippen LogP contribution is -2.13. The van der Waals surface area contributed by atoms with Crippen molar-refractivity contribution in [2.45, 2.75) is 58.3 Å². The minimum absolute atomic E-state index is 0.0827. The number of ether oxygens (including phenoxy) is 1. The summed E-state index contributed by atoms with van der Waals surface area (Å²) in [5.74, 6) is 5.14. The monoisotopic (exact) mass is 320 g/mol. The molecule has 2 rings (SSSR count). The van der Waals surface area contributed by atoms with Crippen LogP contribution < -0.4 is 4.74 Å². The molecule has 0 N–H and O–H groups in total. The molecular formula is C20H26F2O. The van der Waals surface area contributed by atoms with Gasteiger partial charge in [-0.05, 0) is 43.7 Å². The molecule has 1 nitrogen and oxygen atoms in total. The van der Waals surface area contributed by atoms with Gasteiger partial charge >= 0.3 is 0 Å². The predicted molar refractivity (Wildman–Crippen MR) is 89.4 cm³/mol. The number of unbranched alkanes of at least 4 members (excludes halogenated alkanes) is 2. The largest absolute Gasteiger partial charge is 0.494 e. The van der Waals surface area contributed by atoms with E-state index in [0.717, 1.165) is 18.8 Å². The Morgan fingerprint density at radius 3 is 2.48 bits per heavy atom. The van der Waals surface area contributed by atoms with Gasteiger partial charge in [-0.1, -0.05) is 44.4 Å². The van der Waals surface area contributed by atoms with Crippen molar-refractivity contribution in [3.8, 4) is 17.6 Å². The molecule has 0 heterocycles. The lowest BCUT2D eigenvalue weighted by atomic mass is 9.80. The molecule has 0 radical (unpaired) electrons. The van der Waals surface area contributed by atoms with Crippen LogP contribution in [0.3, 0.4) is 0 Å². The van der Waals surface area contributed by atoms with Crippen LogP contribution in [0.4, 0.5) is 8.78 Å². The summed E-state index contributed by atoms with van der Waals surface area (Å²) < 4.78 is 32.3. The minimum atomic E-state index is -0.959. The van der Waals surface area contributed by atoms with Crippen LogP contribution >= 0.6 is 0 Å². The van der Waals surface area contributed by atoms with Gasteiger partial charge in [0.15, 0.2) is 11.6 Å². The third-order valence-electron chi connectivity index (χ3n) is 4.74. The molecular weight excluding hydrogens is 294 g/mol. The Kier molecular flexibility index (Phi) is 6.89. The number of halogens is 2. The van der Waals surface area contributed by atoms with E-state index >= 15 is 0 Å². The van der Waals surface area contributed by atoms with Gasteiger partial charge in [-0.2, -0.15) is 4.39 Å². The van der Waals surface area contributed by atoms with Crippen LogP contribution in [0.5, 0.6) is 5.75 Å². The Balaban J connectivity index is 1.90. The molecule has 0 bridgehead atoms. The zero-order valence-corrected chi connectivity index (χ0v) is 14.1. The number of hydrogen-bond donors (Lipinski definition) is 0. The second-order valence-corrected chi connectivity index (χ2v) is 6.43. The van der Waals surface area contributed by atoms with Crippen molar-refractivity contribution in [2.75, 3.05) is 7.11 Å². The van der Waals surface area contributed by atoms with Gasteiger partial charge in [-0.3, -0.25) is 0 Å². The number of methoxy groups -OCH3 is 1. The Morgan fingerprint density at radius 1 is 1.09 bits per heavy atom. The first kappa shape index (κ1) is 17.8. The summed E-state index contributed by atoms with van der Waals surface area (Å²) in [7, 11) is 1.32. The van der Waals surface area contributed by atoms with Crippen molar-refractivity contribution in [3.05, 3.63) is 29.3 Å². The number of rotatable bonds is 5. The van der Waals surface area contributed by atoms with Gasteiger partial charge in [0.05, 0.1) is 12.7 Å². The third kappa shape index (κ3) is 4.96. The van der Waals surface area contributed by atoms with E-state index in [1.807, 2.05) is 0 Å². The predicted octanol–water partition coefficient (Wildman–Crippen LogP) is 5.71. The first-order valence-electron chi connectivity index (χ1n) is 8.69. The van der Waals surface area contributed by atoms with Gasteiger partial charge in [0.1, 0.15) is 0 Å². The van der Waals surface area contributed by atoms with Crippen LogP contribution in [-0.2, 0) is 0 Å². The third-order valence-corrected chi connectivity index (χ3v) is 4.74. The van der Waals surface area contributed by atoms with Gasteiger partial charge in [-0.25, -0.2) is 4.39 Å². The first-order chi connectivity index (χ1) is 11.2. The molecule has 0 spiro atoms. The van der Waals surface area contributed by atoms with E-state index in [2.05, 4.69) is 18.8 Å². The fraction of sp³-hybridized carbons (Fsp3) is 0.600. The van der Waals surface area contributed by atoms with Crippen LogP contribution in [0, 0.1) is 35.3 Å². The molecule has 0 atom stereocenters. The molecule has 1 fully saturated rings. The lowest BCUT2D eigenvalue weighted by Gasteiger charge is -2.25. The smallest absolute Gasteiger partial charge is 0.201 e. The van der Waals surface area contributed by atoms with Gasteiger partial charge in [0.2, 0.25) is 5.82 Å². The Labute approximate surface area is 138 Å².